The molecular formula is C15H20ClN5O2. The van der Waals surface area contributed by atoms with E-state index in [0.29, 0.717) is 29.4 Å². The second-order valence-corrected chi connectivity index (χ2v) is 7.14. The third kappa shape index (κ3) is 3.55. The Bertz CT molecular complexity index is 724. The number of ether oxygens (including phenoxy) is 1. The van der Waals surface area contributed by atoms with E-state index >= 15 is 0 Å². The van der Waals surface area contributed by atoms with Gasteiger partial charge in [-0.3, -0.25) is 0 Å². The van der Waals surface area contributed by atoms with Crippen LogP contribution in [0.1, 0.15) is 39.7 Å². The zero-order valence-corrected chi connectivity index (χ0v) is 14.2. The van der Waals surface area contributed by atoms with Gasteiger partial charge in [-0.05, 0) is 33.6 Å². The summed E-state index contributed by atoms with van der Waals surface area (Å²) in [6, 6.07) is 1.80. The third-order valence-electron chi connectivity index (χ3n) is 3.73. The van der Waals surface area contributed by atoms with Crippen LogP contribution in [0.5, 0.6) is 0 Å². The molecule has 0 radical (unpaired) electrons. The van der Waals surface area contributed by atoms with Gasteiger partial charge >= 0.3 is 6.09 Å². The normalized spacial score (nSPS) is 19.1. The lowest BCUT2D eigenvalue weighted by molar-refractivity contribution is 0.0174. The molecule has 2 aromatic heterocycles. The summed E-state index contributed by atoms with van der Waals surface area (Å²) in [5.41, 5.74) is 0.901. The summed E-state index contributed by atoms with van der Waals surface area (Å²) in [4.78, 5) is 18.3. The van der Waals surface area contributed by atoms with Gasteiger partial charge in [0, 0.05) is 19.2 Å². The molecule has 1 atom stereocenters. The molecule has 124 valence electrons. The smallest absolute Gasteiger partial charge is 0.410 e. The Kier molecular flexibility index (Phi) is 4.14. The van der Waals surface area contributed by atoms with Crippen molar-refractivity contribution in [1.82, 2.24) is 24.6 Å². The molecule has 2 aromatic rings. The summed E-state index contributed by atoms with van der Waals surface area (Å²) in [5.74, 6) is 0. The maximum absolute atomic E-state index is 12.3. The largest absolute Gasteiger partial charge is 0.444 e. The van der Waals surface area contributed by atoms with E-state index in [1.165, 1.54) is 0 Å². The van der Waals surface area contributed by atoms with Gasteiger partial charge < -0.3 is 14.2 Å². The van der Waals surface area contributed by atoms with E-state index in [9.17, 15) is 4.79 Å². The lowest BCUT2D eigenvalue weighted by Gasteiger charge is -2.34. The molecule has 8 heteroatoms. The van der Waals surface area contributed by atoms with Crippen molar-refractivity contribution < 1.29 is 9.53 Å². The van der Waals surface area contributed by atoms with Gasteiger partial charge in [0.05, 0.1) is 12.4 Å². The molecule has 23 heavy (non-hydrogen) atoms. The molecule has 0 aromatic carbocycles. The highest BCUT2D eigenvalue weighted by Crippen LogP contribution is 2.26. The van der Waals surface area contributed by atoms with Crippen LogP contribution in [-0.4, -0.2) is 49.4 Å². The molecule has 0 saturated carbocycles. The third-order valence-corrected chi connectivity index (χ3v) is 3.92. The number of imidazole rings is 1. The fourth-order valence-electron chi connectivity index (χ4n) is 2.75. The van der Waals surface area contributed by atoms with Gasteiger partial charge in [-0.15, -0.1) is 10.2 Å². The Balaban J connectivity index is 1.79. The Hall–Kier alpha value is -1.89. The summed E-state index contributed by atoms with van der Waals surface area (Å²) in [7, 11) is 0. The highest BCUT2D eigenvalue weighted by molar-refractivity contribution is 6.29. The predicted octanol–water partition coefficient (Wildman–Crippen LogP) is 3.05. The molecule has 0 unspecified atom stereocenters. The predicted molar refractivity (Wildman–Crippen MR) is 86.4 cm³/mol. The van der Waals surface area contributed by atoms with Gasteiger partial charge in [0.25, 0.3) is 0 Å². The van der Waals surface area contributed by atoms with Crippen molar-refractivity contribution in [3.63, 3.8) is 0 Å². The summed E-state index contributed by atoms with van der Waals surface area (Å²) >= 11 is 5.85. The number of nitrogens with zero attached hydrogens (tertiary/aromatic N) is 5. The van der Waals surface area contributed by atoms with Gasteiger partial charge in [-0.25, -0.2) is 9.78 Å². The molecule has 0 bridgehead atoms. The lowest BCUT2D eigenvalue weighted by Crippen LogP contribution is -2.43. The van der Waals surface area contributed by atoms with Crippen molar-refractivity contribution in [1.29, 1.82) is 0 Å². The Morgan fingerprint density at radius 1 is 1.39 bits per heavy atom. The maximum atomic E-state index is 12.3. The van der Waals surface area contributed by atoms with Crippen molar-refractivity contribution in [2.24, 2.45) is 0 Å². The van der Waals surface area contributed by atoms with Gasteiger partial charge in [0.1, 0.15) is 11.1 Å². The van der Waals surface area contributed by atoms with Crippen molar-refractivity contribution in [3.8, 4) is 0 Å². The first-order valence-corrected chi connectivity index (χ1v) is 8.05. The lowest BCUT2D eigenvalue weighted by atomic mass is 10.1. The zero-order chi connectivity index (χ0) is 16.6. The molecule has 0 N–H and O–H groups in total. The SMILES string of the molecule is CC(C)(C)OC(=O)N1CCC[C@@H](n2cnc3cc(Cl)nnc32)C1. The van der Waals surface area contributed by atoms with Crippen LogP contribution in [0.4, 0.5) is 4.79 Å². The van der Waals surface area contributed by atoms with Gasteiger partial charge in [0.2, 0.25) is 0 Å². The molecule has 0 spiro atoms. The highest BCUT2D eigenvalue weighted by Gasteiger charge is 2.29. The van der Waals surface area contributed by atoms with Gasteiger partial charge in [0.15, 0.2) is 10.8 Å². The number of hydrogen-bond donors (Lipinski definition) is 0. The Labute approximate surface area is 139 Å². The van der Waals surface area contributed by atoms with E-state index in [4.69, 9.17) is 16.3 Å². The first kappa shape index (κ1) is 16.0. The minimum atomic E-state index is -0.492. The molecule has 0 aliphatic carbocycles. The van der Waals surface area contributed by atoms with Crippen LogP contribution in [0.3, 0.4) is 0 Å². The topological polar surface area (TPSA) is 73.1 Å². The standard InChI is InChI=1S/C15H20ClN5O2/c1-15(2,3)23-14(22)20-6-4-5-10(8-20)21-9-17-11-7-12(16)18-19-13(11)21/h7,9-10H,4-6,8H2,1-3H3/t10-/m1/s1. The molecule has 1 fully saturated rings. The van der Waals surface area contributed by atoms with Crippen LogP contribution in [0.25, 0.3) is 11.2 Å². The minimum absolute atomic E-state index is 0.108. The average Bonchev–Trinajstić information content (AvgIpc) is 2.88. The van der Waals surface area contributed by atoms with Crippen LogP contribution < -0.4 is 0 Å². The number of fused-ring (bicyclic) bond motifs is 1. The summed E-state index contributed by atoms with van der Waals surface area (Å²) < 4.78 is 7.43. The molecule has 1 aliphatic rings. The van der Waals surface area contributed by atoms with Gasteiger partial charge in [-0.2, -0.15) is 0 Å². The molecule has 1 saturated heterocycles. The molecule has 7 nitrogen and oxygen atoms in total. The van der Waals surface area contributed by atoms with Crippen LogP contribution in [0, 0.1) is 0 Å². The van der Waals surface area contributed by atoms with Crippen molar-refractivity contribution >= 4 is 28.9 Å². The van der Waals surface area contributed by atoms with E-state index in [-0.39, 0.29) is 12.1 Å². The number of carbonyl (C=O) groups is 1. The number of aromatic nitrogens is 4. The number of halogens is 1. The quantitative estimate of drug-likeness (QED) is 0.799. The zero-order valence-electron chi connectivity index (χ0n) is 13.5. The van der Waals surface area contributed by atoms with Crippen LogP contribution in [0.15, 0.2) is 12.4 Å². The van der Waals surface area contributed by atoms with Gasteiger partial charge in [-0.1, -0.05) is 11.6 Å². The van der Waals surface area contributed by atoms with Crippen LogP contribution in [0.2, 0.25) is 5.15 Å². The van der Waals surface area contributed by atoms with E-state index in [1.54, 1.807) is 17.3 Å². The van der Waals surface area contributed by atoms with E-state index in [2.05, 4.69) is 15.2 Å². The monoisotopic (exact) mass is 337 g/mol. The molecule has 3 rings (SSSR count). The maximum Gasteiger partial charge on any atom is 0.410 e. The Morgan fingerprint density at radius 3 is 2.91 bits per heavy atom. The summed E-state index contributed by atoms with van der Waals surface area (Å²) in [6.45, 7) is 6.89. The number of carbonyl (C=O) groups excluding carboxylic acids is 1. The van der Waals surface area contributed by atoms with Crippen molar-refractivity contribution in [2.75, 3.05) is 13.1 Å². The molecule has 1 amide bonds. The second kappa shape index (κ2) is 5.96. The summed E-state index contributed by atoms with van der Waals surface area (Å²) in [6.07, 6.45) is 3.32. The fraction of sp³-hybridized carbons (Fsp3) is 0.600. The van der Waals surface area contributed by atoms with Crippen molar-refractivity contribution in [2.45, 2.75) is 45.3 Å². The molecule has 1 aliphatic heterocycles. The number of rotatable bonds is 1. The fourth-order valence-corrected chi connectivity index (χ4v) is 2.89. The summed E-state index contributed by atoms with van der Waals surface area (Å²) in [5, 5.41) is 8.34. The first-order valence-electron chi connectivity index (χ1n) is 7.67. The number of hydrogen-bond acceptors (Lipinski definition) is 5. The van der Waals surface area contributed by atoms with Crippen molar-refractivity contribution in [3.05, 3.63) is 17.5 Å². The molecular weight excluding hydrogens is 318 g/mol. The average molecular weight is 338 g/mol. The number of likely N-dealkylation sites (tertiary alicyclic amines) is 1. The van der Waals surface area contributed by atoms with Crippen LogP contribution in [-0.2, 0) is 4.74 Å². The highest BCUT2D eigenvalue weighted by atomic mass is 35.5. The second-order valence-electron chi connectivity index (χ2n) is 6.75. The van der Waals surface area contributed by atoms with E-state index in [1.807, 2.05) is 25.3 Å². The number of amides is 1. The minimum Gasteiger partial charge on any atom is -0.444 e. The molecule has 3 heterocycles. The Morgan fingerprint density at radius 2 is 2.17 bits per heavy atom. The number of piperidine rings is 1. The van der Waals surface area contributed by atoms with E-state index in [0.717, 1.165) is 12.8 Å². The first-order chi connectivity index (χ1) is 10.8. The van der Waals surface area contributed by atoms with E-state index < -0.39 is 5.60 Å². The van der Waals surface area contributed by atoms with Crippen LogP contribution >= 0.6 is 11.6 Å².